The number of hydrogen-bond donors (Lipinski definition) is 0. The van der Waals surface area contributed by atoms with Crippen molar-refractivity contribution in [2.45, 2.75) is 6.54 Å². The summed E-state index contributed by atoms with van der Waals surface area (Å²) in [7, 11) is 0. The first kappa shape index (κ1) is 17.4. The summed E-state index contributed by atoms with van der Waals surface area (Å²) in [4.78, 5) is 21.2. The third-order valence-corrected chi connectivity index (χ3v) is 5.02. The zero-order chi connectivity index (χ0) is 18.5. The highest BCUT2D eigenvalue weighted by Gasteiger charge is 2.19. The molecule has 0 radical (unpaired) electrons. The average molecular weight is 357 g/mol. The Kier molecular flexibility index (Phi) is 5.26. The van der Waals surface area contributed by atoms with E-state index in [9.17, 15) is 4.79 Å². The molecule has 4 nitrogen and oxygen atoms in total. The van der Waals surface area contributed by atoms with Crippen LogP contribution in [-0.4, -0.2) is 46.9 Å². The summed E-state index contributed by atoms with van der Waals surface area (Å²) >= 11 is 0. The number of carbonyl (C=O) groups is 1. The quantitative estimate of drug-likeness (QED) is 0.670. The van der Waals surface area contributed by atoms with Gasteiger partial charge in [0.05, 0.1) is 5.69 Å². The highest BCUT2D eigenvalue weighted by Crippen LogP contribution is 2.19. The van der Waals surface area contributed by atoms with Crippen molar-refractivity contribution in [3.8, 4) is 0 Å². The maximum atomic E-state index is 12.6. The van der Waals surface area contributed by atoms with Crippen LogP contribution in [0.15, 0.2) is 72.9 Å². The van der Waals surface area contributed by atoms with Crippen molar-refractivity contribution in [2.75, 3.05) is 26.2 Å². The molecule has 1 amide bonds. The van der Waals surface area contributed by atoms with Crippen LogP contribution in [0.1, 0.15) is 11.3 Å². The van der Waals surface area contributed by atoms with Gasteiger partial charge in [-0.1, -0.05) is 48.5 Å². The van der Waals surface area contributed by atoms with Crippen molar-refractivity contribution < 1.29 is 4.79 Å². The van der Waals surface area contributed by atoms with Crippen LogP contribution in [-0.2, 0) is 11.3 Å². The molecule has 0 aliphatic carbocycles. The number of fused-ring (bicyclic) bond motifs is 1. The number of amides is 1. The van der Waals surface area contributed by atoms with E-state index in [2.05, 4.69) is 34.1 Å². The molecular formula is C23H23N3O. The van der Waals surface area contributed by atoms with Gasteiger partial charge in [0, 0.05) is 45.0 Å². The molecule has 0 saturated carbocycles. The lowest BCUT2D eigenvalue weighted by atomic mass is 10.0. The predicted octanol–water partition coefficient (Wildman–Crippen LogP) is 3.59. The summed E-state index contributed by atoms with van der Waals surface area (Å²) in [5, 5.41) is 2.36. The van der Waals surface area contributed by atoms with Crippen LogP contribution in [0.2, 0.25) is 0 Å². The highest BCUT2D eigenvalue weighted by atomic mass is 16.2. The van der Waals surface area contributed by atoms with Gasteiger partial charge in [-0.05, 0) is 34.5 Å². The van der Waals surface area contributed by atoms with Gasteiger partial charge >= 0.3 is 0 Å². The highest BCUT2D eigenvalue weighted by molar-refractivity contribution is 5.96. The van der Waals surface area contributed by atoms with Gasteiger partial charge in [-0.2, -0.15) is 0 Å². The molecule has 0 unspecified atom stereocenters. The fourth-order valence-corrected chi connectivity index (χ4v) is 3.51. The summed E-state index contributed by atoms with van der Waals surface area (Å²) in [6, 6.07) is 20.4. The van der Waals surface area contributed by atoms with Crippen LogP contribution in [0.4, 0.5) is 0 Å². The van der Waals surface area contributed by atoms with Crippen LogP contribution in [0, 0.1) is 0 Å². The summed E-state index contributed by atoms with van der Waals surface area (Å²) in [6.45, 7) is 4.11. The lowest BCUT2D eigenvalue weighted by Crippen LogP contribution is -2.47. The van der Waals surface area contributed by atoms with Gasteiger partial charge in [0.15, 0.2) is 0 Å². The van der Waals surface area contributed by atoms with E-state index in [1.807, 2.05) is 53.6 Å². The van der Waals surface area contributed by atoms with Crippen molar-refractivity contribution in [3.63, 3.8) is 0 Å². The number of benzene rings is 2. The maximum Gasteiger partial charge on any atom is 0.246 e. The van der Waals surface area contributed by atoms with Crippen LogP contribution < -0.4 is 0 Å². The van der Waals surface area contributed by atoms with Gasteiger partial charge < -0.3 is 4.90 Å². The fraction of sp³-hybridized carbons (Fsp3) is 0.217. The smallest absolute Gasteiger partial charge is 0.246 e. The van der Waals surface area contributed by atoms with Crippen LogP contribution in [0.25, 0.3) is 16.8 Å². The molecule has 0 bridgehead atoms. The first-order chi connectivity index (χ1) is 13.3. The van der Waals surface area contributed by atoms with E-state index in [4.69, 9.17) is 0 Å². The van der Waals surface area contributed by atoms with Crippen molar-refractivity contribution in [2.24, 2.45) is 0 Å². The van der Waals surface area contributed by atoms with Gasteiger partial charge in [0.2, 0.25) is 5.91 Å². The number of piperazine rings is 1. The van der Waals surface area contributed by atoms with E-state index >= 15 is 0 Å². The lowest BCUT2D eigenvalue weighted by Gasteiger charge is -2.34. The third kappa shape index (κ3) is 4.23. The van der Waals surface area contributed by atoms with Crippen molar-refractivity contribution in [1.29, 1.82) is 0 Å². The molecule has 0 N–H and O–H groups in total. The van der Waals surface area contributed by atoms with Gasteiger partial charge in [-0.3, -0.25) is 14.7 Å². The Morgan fingerprint density at radius 1 is 0.926 bits per heavy atom. The summed E-state index contributed by atoms with van der Waals surface area (Å²) in [5.41, 5.74) is 2.16. The molecule has 1 saturated heterocycles. The minimum absolute atomic E-state index is 0.0837. The second-order valence-electron chi connectivity index (χ2n) is 6.82. The van der Waals surface area contributed by atoms with Crippen LogP contribution in [0.5, 0.6) is 0 Å². The minimum Gasteiger partial charge on any atom is -0.337 e. The molecular weight excluding hydrogens is 334 g/mol. The van der Waals surface area contributed by atoms with E-state index in [1.54, 1.807) is 6.08 Å². The second-order valence-corrected chi connectivity index (χ2v) is 6.82. The number of pyridine rings is 1. The molecule has 27 heavy (non-hydrogen) atoms. The van der Waals surface area contributed by atoms with E-state index in [1.165, 1.54) is 10.8 Å². The van der Waals surface area contributed by atoms with Gasteiger partial charge in [0.25, 0.3) is 0 Å². The Labute approximate surface area is 159 Å². The van der Waals surface area contributed by atoms with E-state index < -0.39 is 0 Å². The topological polar surface area (TPSA) is 36.4 Å². The SMILES string of the molecule is O=C(/C=C/c1cccc2ccccc12)N1CCN(Cc2ccccn2)CC1. The molecule has 0 spiro atoms. The molecule has 3 aromatic rings. The Bertz CT molecular complexity index is 939. The molecule has 1 aliphatic heterocycles. The predicted molar refractivity (Wildman–Crippen MR) is 109 cm³/mol. The standard InChI is InChI=1S/C23H23N3O/c27-23(12-11-20-8-5-7-19-6-1-2-10-22(19)20)26-16-14-25(15-17-26)18-21-9-3-4-13-24-21/h1-13H,14-18H2/b12-11+. The van der Waals surface area contributed by atoms with Crippen molar-refractivity contribution in [3.05, 3.63) is 84.2 Å². The average Bonchev–Trinajstić information content (AvgIpc) is 2.73. The summed E-state index contributed by atoms with van der Waals surface area (Å²) in [6.07, 6.45) is 5.47. The summed E-state index contributed by atoms with van der Waals surface area (Å²) < 4.78 is 0. The zero-order valence-corrected chi connectivity index (χ0v) is 15.3. The number of hydrogen-bond acceptors (Lipinski definition) is 3. The number of carbonyl (C=O) groups excluding carboxylic acids is 1. The first-order valence-corrected chi connectivity index (χ1v) is 9.36. The van der Waals surface area contributed by atoms with Crippen LogP contribution >= 0.6 is 0 Å². The molecule has 2 aromatic carbocycles. The maximum absolute atomic E-state index is 12.6. The molecule has 1 aromatic heterocycles. The fourth-order valence-electron chi connectivity index (χ4n) is 3.51. The monoisotopic (exact) mass is 357 g/mol. The molecule has 1 fully saturated rings. The molecule has 0 atom stereocenters. The normalized spacial score (nSPS) is 15.5. The van der Waals surface area contributed by atoms with Gasteiger partial charge in [-0.25, -0.2) is 0 Å². The van der Waals surface area contributed by atoms with E-state index in [-0.39, 0.29) is 5.91 Å². The second kappa shape index (κ2) is 8.14. The number of nitrogens with zero attached hydrogens (tertiary/aromatic N) is 3. The van der Waals surface area contributed by atoms with E-state index in [0.717, 1.165) is 44.0 Å². The first-order valence-electron chi connectivity index (χ1n) is 9.36. The molecule has 2 heterocycles. The largest absolute Gasteiger partial charge is 0.337 e. The zero-order valence-electron chi connectivity index (χ0n) is 15.3. The Balaban J connectivity index is 1.36. The number of rotatable bonds is 4. The molecule has 136 valence electrons. The molecule has 1 aliphatic rings. The Morgan fingerprint density at radius 3 is 2.52 bits per heavy atom. The van der Waals surface area contributed by atoms with Gasteiger partial charge in [0.1, 0.15) is 0 Å². The Hall–Kier alpha value is -2.98. The van der Waals surface area contributed by atoms with Crippen LogP contribution in [0.3, 0.4) is 0 Å². The third-order valence-electron chi connectivity index (χ3n) is 5.02. The minimum atomic E-state index is 0.0837. The number of aromatic nitrogens is 1. The summed E-state index contributed by atoms with van der Waals surface area (Å²) in [5.74, 6) is 0.0837. The molecule has 4 rings (SSSR count). The molecule has 4 heteroatoms. The lowest BCUT2D eigenvalue weighted by molar-refractivity contribution is -0.127. The van der Waals surface area contributed by atoms with Crippen molar-refractivity contribution >= 4 is 22.8 Å². The Morgan fingerprint density at radius 2 is 1.70 bits per heavy atom. The van der Waals surface area contributed by atoms with E-state index in [0.29, 0.717) is 0 Å². The van der Waals surface area contributed by atoms with Gasteiger partial charge in [-0.15, -0.1) is 0 Å². The van der Waals surface area contributed by atoms with Crippen molar-refractivity contribution in [1.82, 2.24) is 14.8 Å².